The highest BCUT2D eigenvalue weighted by Gasteiger charge is 2.19. The van der Waals surface area contributed by atoms with Gasteiger partial charge in [0.05, 0.1) is 4.88 Å². The van der Waals surface area contributed by atoms with Crippen LogP contribution >= 0.6 is 22.7 Å². The minimum absolute atomic E-state index is 0.236. The van der Waals surface area contributed by atoms with Crippen LogP contribution in [0.5, 0.6) is 0 Å². The highest BCUT2D eigenvalue weighted by molar-refractivity contribution is 7.27. The maximum absolute atomic E-state index is 12.4. The predicted octanol–water partition coefficient (Wildman–Crippen LogP) is 3.98. The summed E-state index contributed by atoms with van der Waals surface area (Å²) in [6.07, 6.45) is 4.85. The van der Waals surface area contributed by atoms with Crippen LogP contribution in [0, 0.1) is 0 Å². The summed E-state index contributed by atoms with van der Waals surface area (Å²) in [5.74, 6) is 0.236. The number of hydrogen-bond donors (Lipinski definition) is 0. The summed E-state index contributed by atoms with van der Waals surface area (Å²) >= 11 is 3.35. The molecule has 1 aliphatic rings. The van der Waals surface area contributed by atoms with E-state index < -0.39 is 0 Å². The summed E-state index contributed by atoms with van der Waals surface area (Å²) in [6, 6.07) is 4.15. The lowest BCUT2D eigenvalue weighted by Crippen LogP contribution is -2.31. The lowest BCUT2D eigenvalue weighted by Gasteiger charge is -2.19. The number of carbonyl (C=O) groups is 1. The van der Waals surface area contributed by atoms with E-state index in [0.29, 0.717) is 0 Å². The van der Waals surface area contributed by atoms with Gasteiger partial charge in [-0.3, -0.25) is 4.79 Å². The predicted molar refractivity (Wildman–Crippen MR) is 74.1 cm³/mol. The van der Waals surface area contributed by atoms with E-state index in [1.165, 1.54) is 22.2 Å². The molecule has 1 saturated heterocycles. The third-order valence-corrected chi connectivity index (χ3v) is 5.32. The Morgan fingerprint density at radius 3 is 2.59 bits per heavy atom. The third-order valence-electron chi connectivity index (χ3n) is 3.24. The van der Waals surface area contributed by atoms with Crippen molar-refractivity contribution in [3.63, 3.8) is 0 Å². The van der Waals surface area contributed by atoms with Crippen LogP contribution in [-0.4, -0.2) is 23.9 Å². The van der Waals surface area contributed by atoms with E-state index in [0.717, 1.165) is 30.8 Å². The van der Waals surface area contributed by atoms with Crippen molar-refractivity contribution in [3.05, 3.63) is 22.4 Å². The number of thiophene rings is 2. The van der Waals surface area contributed by atoms with E-state index in [4.69, 9.17) is 0 Å². The van der Waals surface area contributed by atoms with Crippen LogP contribution < -0.4 is 0 Å². The molecule has 0 N–H and O–H groups in total. The fourth-order valence-corrected chi connectivity index (χ4v) is 4.38. The Kier molecular flexibility index (Phi) is 3.16. The van der Waals surface area contributed by atoms with Crippen molar-refractivity contribution < 1.29 is 4.79 Å². The van der Waals surface area contributed by atoms with Crippen LogP contribution in [-0.2, 0) is 0 Å². The lowest BCUT2D eigenvalue weighted by atomic mass is 10.2. The molecule has 1 fully saturated rings. The topological polar surface area (TPSA) is 20.3 Å². The summed E-state index contributed by atoms with van der Waals surface area (Å²) in [5, 5.41) is 2.08. The van der Waals surface area contributed by atoms with Crippen LogP contribution in [0.2, 0.25) is 0 Å². The van der Waals surface area contributed by atoms with Gasteiger partial charge in [-0.1, -0.05) is 12.8 Å². The number of rotatable bonds is 1. The minimum atomic E-state index is 0.236. The minimum Gasteiger partial charge on any atom is -0.338 e. The number of nitrogens with zero attached hydrogens (tertiary/aromatic N) is 1. The first-order valence-electron chi connectivity index (χ1n) is 6.11. The van der Waals surface area contributed by atoms with Gasteiger partial charge in [0.25, 0.3) is 5.91 Å². The monoisotopic (exact) mass is 265 g/mol. The zero-order valence-electron chi connectivity index (χ0n) is 9.65. The number of likely N-dealkylation sites (tertiary alicyclic amines) is 1. The van der Waals surface area contributed by atoms with Crippen LogP contribution in [0.3, 0.4) is 0 Å². The molecular weight excluding hydrogens is 250 g/mol. The van der Waals surface area contributed by atoms with Gasteiger partial charge < -0.3 is 4.90 Å². The first-order valence-corrected chi connectivity index (χ1v) is 7.80. The number of carbonyl (C=O) groups excluding carboxylic acids is 1. The summed E-state index contributed by atoms with van der Waals surface area (Å²) in [6.45, 7) is 1.87. The summed E-state index contributed by atoms with van der Waals surface area (Å²) in [4.78, 5) is 15.3. The Morgan fingerprint density at radius 1 is 1.12 bits per heavy atom. The molecule has 3 heterocycles. The Labute approximate surface area is 109 Å². The maximum atomic E-state index is 12.4. The average Bonchev–Trinajstić information content (AvgIpc) is 2.80. The molecular formula is C13H15NOS2. The molecule has 0 aliphatic carbocycles. The fraction of sp³-hybridized carbons (Fsp3) is 0.462. The highest BCUT2D eigenvalue weighted by Crippen LogP contribution is 2.31. The summed E-state index contributed by atoms with van der Waals surface area (Å²) < 4.78 is 2.49. The molecule has 0 aromatic carbocycles. The Hall–Kier alpha value is -0.870. The van der Waals surface area contributed by atoms with Crippen molar-refractivity contribution in [2.24, 2.45) is 0 Å². The van der Waals surface area contributed by atoms with Gasteiger partial charge in [0, 0.05) is 22.5 Å². The van der Waals surface area contributed by atoms with Crippen LogP contribution in [0.25, 0.3) is 9.40 Å². The molecule has 4 heteroatoms. The Balaban J connectivity index is 1.82. The molecule has 0 radical (unpaired) electrons. The Morgan fingerprint density at radius 2 is 1.88 bits per heavy atom. The lowest BCUT2D eigenvalue weighted by molar-refractivity contribution is 0.0766. The molecule has 1 aliphatic heterocycles. The van der Waals surface area contributed by atoms with Gasteiger partial charge in [0.1, 0.15) is 0 Å². The first-order chi connectivity index (χ1) is 8.34. The van der Waals surface area contributed by atoms with E-state index in [-0.39, 0.29) is 5.91 Å². The van der Waals surface area contributed by atoms with E-state index in [1.807, 2.05) is 4.90 Å². The molecule has 0 saturated carbocycles. The van der Waals surface area contributed by atoms with E-state index in [9.17, 15) is 4.79 Å². The average molecular weight is 265 g/mol. The molecule has 0 atom stereocenters. The maximum Gasteiger partial charge on any atom is 0.263 e. The molecule has 0 spiro atoms. The number of fused-ring (bicyclic) bond motifs is 1. The Bertz CT molecular complexity index is 492. The normalized spacial score (nSPS) is 17.3. The quantitative estimate of drug-likeness (QED) is 0.763. The molecule has 1 amide bonds. The van der Waals surface area contributed by atoms with Crippen LogP contribution in [0.4, 0.5) is 0 Å². The molecule has 3 rings (SSSR count). The van der Waals surface area contributed by atoms with Crippen molar-refractivity contribution in [2.45, 2.75) is 25.7 Å². The third kappa shape index (κ3) is 2.24. The van der Waals surface area contributed by atoms with Gasteiger partial charge in [-0.05, 0) is 30.4 Å². The molecule has 90 valence electrons. The molecule has 2 aromatic rings. The van der Waals surface area contributed by atoms with E-state index >= 15 is 0 Å². The second-order valence-electron chi connectivity index (χ2n) is 4.47. The van der Waals surface area contributed by atoms with Gasteiger partial charge in [-0.15, -0.1) is 22.7 Å². The van der Waals surface area contributed by atoms with Crippen molar-refractivity contribution in [1.82, 2.24) is 4.90 Å². The summed E-state index contributed by atoms with van der Waals surface area (Å²) in [7, 11) is 0. The van der Waals surface area contributed by atoms with Gasteiger partial charge in [0.2, 0.25) is 0 Å². The van der Waals surface area contributed by atoms with Crippen LogP contribution in [0.1, 0.15) is 35.4 Å². The van der Waals surface area contributed by atoms with Crippen LogP contribution in [0.15, 0.2) is 17.5 Å². The standard InChI is InChI=1S/C13H15NOS2/c15-13(14-6-3-1-2-4-7-14)12-9-11-10(17-12)5-8-16-11/h5,8-9H,1-4,6-7H2. The largest absolute Gasteiger partial charge is 0.338 e. The molecule has 17 heavy (non-hydrogen) atoms. The molecule has 2 aromatic heterocycles. The van der Waals surface area contributed by atoms with Crippen molar-refractivity contribution >= 4 is 38.0 Å². The van der Waals surface area contributed by atoms with E-state index in [2.05, 4.69) is 17.5 Å². The number of hydrogen-bond acceptors (Lipinski definition) is 3. The van der Waals surface area contributed by atoms with Crippen molar-refractivity contribution in [2.75, 3.05) is 13.1 Å². The second kappa shape index (κ2) is 4.78. The number of amides is 1. The van der Waals surface area contributed by atoms with Gasteiger partial charge >= 0.3 is 0 Å². The molecule has 0 bridgehead atoms. The fourth-order valence-electron chi connectivity index (χ4n) is 2.30. The van der Waals surface area contributed by atoms with Gasteiger partial charge in [-0.25, -0.2) is 0 Å². The zero-order valence-corrected chi connectivity index (χ0v) is 11.3. The molecule has 0 unspecified atom stereocenters. The SMILES string of the molecule is O=C(c1cc2sccc2s1)N1CCCCCC1. The van der Waals surface area contributed by atoms with Gasteiger partial charge in [-0.2, -0.15) is 0 Å². The smallest absolute Gasteiger partial charge is 0.263 e. The van der Waals surface area contributed by atoms with E-state index in [1.54, 1.807) is 22.7 Å². The molecule has 2 nitrogen and oxygen atoms in total. The first kappa shape index (κ1) is 11.2. The zero-order chi connectivity index (χ0) is 11.7. The van der Waals surface area contributed by atoms with Crippen molar-refractivity contribution in [3.8, 4) is 0 Å². The second-order valence-corrected chi connectivity index (χ2v) is 6.50. The highest BCUT2D eigenvalue weighted by atomic mass is 32.1. The van der Waals surface area contributed by atoms with Gasteiger partial charge in [0.15, 0.2) is 0 Å². The summed E-state index contributed by atoms with van der Waals surface area (Å²) in [5.41, 5.74) is 0. The van der Waals surface area contributed by atoms with Crippen molar-refractivity contribution in [1.29, 1.82) is 0 Å².